The third-order valence-corrected chi connectivity index (χ3v) is 2.89. The first kappa shape index (κ1) is 11.6. The van der Waals surface area contributed by atoms with Gasteiger partial charge in [0, 0.05) is 12.5 Å². The molecule has 1 unspecified atom stereocenters. The molecule has 1 heterocycles. The molecule has 0 fully saturated rings. The van der Waals surface area contributed by atoms with Crippen LogP contribution in [0.5, 0.6) is 11.5 Å². The molecule has 1 aliphatic heterocycles. The van der Waals surface area contributed by atoms with E-state index in [0.29, 0.717) is 24.0 Å². The second kappa shape index (κ2) is 4.93. The maximum absolute atomic E-state index is 6.28. The number of hydrogen-bond donors (Lipinski definition) is 1. The lowest BCUT2D eigenvalue weighted by Gasteiger charge is -2.13. The van der Waals surface area contributed by atoms with Crippen molar-refractivity contribution in [3.8, 4) is 11.5 Å². The molecule has 0 aromatic heterocycles. The number of benzene rings is 1. The normalized spacial score (nSPS) is 16.7. The van der Waals surface area contributed by atoms with Crippen molar-refractivity contribution in [3.05, 3.63) is 22.7 Å². The van der Waals surface area contributed by atoms with Gasteiger partial charge in [-0.1, -0.05) is 17.7 Å². The van der Waals surface area contributed by atoms with Gasteiger partial charge in [0.1, 0.15) is 0 Å². The van der Waals surface area contributed by atoms with E-state index < -0.39 is 0 Å². The molecule has 1 aromatic rings. The largest absolute Gasteiger partial charge is 0.490 e. The molecule has 0 amide bonds. The predicted molar refractivity (Wildman–Crippen MR) is 64.4 cm³/mol. The van der Waals surface area contributed by atoms with Gasteiger partial charge in [0.2, 0.25) is 0 Å². The number of fused-ring (bicyclic) bond motifs is 1. The maximum atomic E-state index is 6.28. The monoisotopic (exact) mass is 241 g/mol. The van der Waals surface area contributed by atoms with Crippen LogP contribution in [0.15, 0.2) is 12.1 Å². The van der Waals surface area contributed by atoms with Crippen molar-refractivity contribution in [2.24, 2.45) is 5.73 Å². The summed E-state index contributed by atoms with van der Waals surface area (Å²) in [5.41, 5.74) is 6.78. The van der Waals surface area contributed by atoms with Crippen LogP contribution >= 0.6 is 11.6 Å². The molecule has 0 radical (unpaired) electrons. The number of rotatable bonds is 2. The van der Waals surface area contributed by atoms with Crippen LogP contribution in [0.3, 0.4) is 0 Å². The van der Waals surface area contributed by atoms with E-state index in [1.807, 2.05) is 19.1 Å². The van der Waals surface area contributed by atoms with Crippen molar-refractivity contribution < 1.29 is 9.47 Å². The first-order valence-corrected chi connectivity index (χ1v) is 5.89. The Bertz CT molecular complexity index is 380. The summed E-state index contributed by atoms with van der Waals surface area (Å²) in [7, 11) is 0. The minimum Gasteiger partial charge on any atom is -0.490 e. The smallest absolute Gasteiger partial charge is 0.180 e. The Morgan fingerprint density at radius 2 is 2.12 bits per heavy atom. The van der Waals surface area contributed by atoms with E-state index in [-0.39, 0.29) is 6.04 Å². The van der Waals surface area contributed by atoms with Crippen LogP contribution in [-0.4, -0.2) is 19.3 Å². The second-order valence-electron chi connectivity index (χ2n) is 4.10. The highest BCUT2D eigenvalue weighted by molar-refractivity contribution is 6.33. The molecule has 1 aliphatic rings. The van der Waals surface area contributed by atoms with Gasteiger partial charge in [-0.15, -0.1) is 0 Å². The van der Waals surface area contributed by atoms with Crippen LogP contribution in [0, 0.1) is 0 Å². The van der Waals surface area contributed by atoms with Crippen LogP contribution in [0.2, 0.25) is 5.02 Å². The Morgan fingerprint density at radius 1 is 1.38 bits per heavy atom. The van der Waals surface area contributed by atoms with Crippen molar-refractivity contribution >= 4 is 11.6 Å². The van der Waals surface area contributed by atoms with Crippen LogP contribution in [0.4, 0.5) is 0 Å². The van der Waals surface area contributed by atoms with Gasteiger partial charge in [0.05, 0.1) is 18.2 Å². The zero-order valence-electron chi connectivity index (χ0n) is 9.33. The highest BCUT2D eigenvalue weighted by Crippen LogP contribution is 2.39. The van der Waals surface area contributed by atoms with Gasteiger partial charge in [-0.3, -0.25) is 0 Å². The molecular formula is C12H16ClNO2. The number of halogens is 1. The Kier molecular flexibility index (Phi) is 3.56. The fraction of sp³-hybridized carbons (Fsp3) is 0.500. The first-order valence-electron chi connectivity index (χ1n) is 5.51. The molecule has 1 atom stereocenters. The summed E-state index contributed by atoms with van der Waals surface area (Å²) in [5.74, 6) is 1.40. The van der Waals surface area contributed by atoms with Gasteiger partial charge < -0.3 is 15.2 Å². The highest BCUT2D eigenvalue weighted by atomic mass is 35.5. The molecule has 0 bridgehead atoms. The van der Waals surface area contributed by atoms with Crippen LogP contribution < -0.4 is 15.2 Å². The molecule has 0 aliphatic carbocycles. The lowest BCUT2D eigenvalue weighted by Crippen LogP contribution is -2.18. The Balaban J connectivity index is 2.33. The summed E-state index contributed by atoms with van der Waals surface area (Å²) >= 11 is 6.28. The molecule has 4 heteroatoms. The molecular weight excluding hydrogens is 226 g/mol. The van der Waals surface area contributed by atoms with E-state index in [1.54, 1.807) is 0 Å². The minimum atomic E-state index is 0.0854. The average molecular weight is 242 g/mol. The summed E-state index contributed by atoms with van der Waals surface area (Å²) in [6.45, 7) is 3.28. The van der Waals surface area contributed by atoms with Gasteiger partial charge in [-0.2, -0.15) is 0 Å². The number of nitrogens with two attached hydrogens (primary N) is 1. The maximum Gasteiger partial charge on any atom is 0.180 e. The first-order chi connectivity index (χ1) is 7.68. The standard InChI is InChI=1S/C12H16ClNO2/c1-8(14)7-9-3-4-10-12(11(9)13)16-6-2-5-15-10/h3-4,8H,2,5-7,14H2,1H3. The molecule has 0 saturated heterocycles. The van der Waals surface area contributed by atoms with Crippen molar-refractivity contribution in [2.75, 3.05) is 13.2 Å². The van der Waals surface area contributed by atoms with Gasteiger partial charge in [0.15, 0.2) is 11.5 Å². The molecule has 2 rings (SSSR count). The molecule has 3 nitrogen and oxygen atoms in total. The van der Waals surface area contributed by atoms with E-state index in [2.05, 4.69) is 0 Å². The average Bonchev–Trinajstić information content (AvgIpc) is 2.47. The summed E-state index contributed by atoms with van der Waals surface area (Å²) in [6.07, 6.45) is 1.63. The molecule has 2 N–H and O–H groups in total. The van der Waals surface area contributed by atoms with Gasteiger partial charge >= 0.3 is 0 Å². The zero-order chi connectivity index (χ0) is 11.5. The Morgan fingerprint density at radius 3 is 2.88 bits per heavy atom. The third-order valence-electron chi connectivity index (χ3n) is 2.48. The molecule has 16 heavy (non-hydrogen) atoms. The van der Waals surface area contributed by atoms with Crippen molar-refractivity contribution in [3.63, 3.8) is 0 Å². The summed E-state index contributed by atoms with van der Waals surface area (Å²) in [6, 6.07) is 3.95. The van der Waals surface area contributed by atoms with E-state index in [1.165, 1.54) is 0 Å². The lowest BCUT2D eigenvalue weighted by molar-refractivity contribution is 0.297. The molecule has 1 aromatic carbocycles. The van der Waals surface area contributed by atoms with Gasteiger partial charge in [-0.05, 0) is 25.0 Å². The van der Waals surface area contributed by atoms with Crippen LogP contribution in [0.1, 0.15) is 18.9 Å². The minimum absolute atomic E-state index is 0.0854. The fourth-order valence-corrected chi connectivity index (χ4v) is 2.03. The molecule has 0 saturated carbocycles. The summed E-state index contributed by atoms with van der Waals surface area (Å²) in [4.78, 5) is 0. The van der Waals surface area contributed by atoms with Crippen LogP contribution in [0.25, 0.3) is 0 Å². The number of hydrogen-bond acceptors (Lipinski definition) is 3. The van der Waals surface area contributed by atoms with Crippen molar-refractivity contribution in [1.29, 1.82) is 0 Å². The summed E-state index contributed by atoms with van der Waals surface area (Å²) < 4.78 is 11.2. The van der Waals surface area contributed by atoms with E-state index >= 15 is 0 Å². The quantitative estimate of drug-likeness (QED) is 0.865. The van der Waals surface area contributed by atoms with E-state index in [9.17, 15) is 0 Å². The van der Waals surface area contributed by atoms with Gasteiger partial charge in [0.25, 0.3) is 0 Å². The number of ether oxygens (including phenoxy) is 2. The lowest BCUT2D eigenvalue weighted by atomic mass is 10.1. The second-order valence-corrected chi connectivity index (χ2v) is 4.48. The van der Waals surface area contributed by atoms with Crippen molar-refractivity contribution in [2.45, 2.75) is 25.8 Å². The highest BCUT2D eigenvalue weighted by Gasteiger charge is 2.17. The van der Waals surface area contributed by atoms with E-state index in [0.717, 1.165) is 24.2 Å². The van der Waals surface area contributed by atoms with Gasteiger partial charge in [-0.25, -0.2) is 0 Å². The Hall–Kier alpha value is -0.930. The zero-order valence-corrected chi connectivity index (χ0v) is 10.1. The third kappa shape index (κ3) is 2.42. The predicted octanol–water partition coefficient (Wildman–Crippen LogP) is 2.39. The Labute approximate surface area is 100 Å². The SMILES string of the molecule is CC(N)Cc1ccc2c(c1Cl)OCCCO2. The topological polar surface area (TPSA) is 44.5 Å². The van der Waals surface area contributed by atoms with E-state index in [4.69, 9.17) is 26.8 Å². The van der Waals surface area contributed by atoms with Crippen molar-refractivity contribution in [1.82, 2.24) is 0 Å². The molecule has 0 spiro atoms. The fourth-order valence-electron chi connectivity index (χ4n) is 1.75. The summed E-state index contributed by atoms with van der Waals surface area (Å²) in [5, 5.41) is 0.636. The molecule has 88 valence electrons. The van der Waals surface area contributed by atoms with Crippen LogP contribution in [-0.2, 0) is 6.42 Å².